The Labute approximate surface area is 173 Å². The first-order valence-electron chi connectivity index (χ1n) is 9.88. The van der Waals surface area contributed by atoms with Gasteiger partial charge in [0.25, 0.3) is 5.69 Å². The number of carbonyl (C=O) groups is 2. The van der Waals surface area contributed by atoms with E-state index in [1.54, 1.807) is 11.8 Å². The maximum absolute atomic E-state index is 15.1. The Morgan fingerprint density at radius 1 is 1.27 bits per heavy atom. The number of hydrogen-bond donors (Lipinski definition) is 1. The van der Waals surface area contributed by atoms with Crippen LogP contribution in [0.25, 0.3) is 0 Å². The van der Waals surface area contributed by atoms with Crippen molar-refractivity contribution in [2.24, 2.45) is 0 Å². The molecule has 1 saturated heterocycles. The van der Waals surface area contributed by atoms with Crippen LogP contribution in [0.15, 0.2) is 6.07 Å². The van der Waals surface area contributed by atoms with Gasteiger partial charge in [0.05, 0.1) is 23.3 Å². The largest absolute Gasteiger partial charge is 0.461 e. The number of piperazine rings is 1. The fraction of sp³-hybridized carbons (Fsp3) is 0.579. The van der Waals surface area contributed by atoms with Crippen LogP contribution in [-0.4, -0.2) is 60.7 Å². The van der Waals surface area contributed by atoms with E-state index < -0.39 is 28.5 Å². The molecule has 0 bridgehead atoms. The van der Waals surface area contributed by atoms with Gasteiger partial charge in [0.15, 0.2) is 5.82 Å². The molecule has 1 amide bonds. The monoisotopic (exact) mass is 424 g/mol. The lowest BCUT2D eigenvalue weighted by Crippen LogP contribution is -2.49. The number of nitro benzene ring substituents is 1. The lowest BCUT2D eigenvalue weighted by molar-refractivity contribution is -0.384. The van der Waals surface area contributed by atoms with Gasteiger partial charge in [-0.3, -0.25) is 14.9 Å². The molecule has 0 atom stereocenters. The van der Waals surface area contributed by atoms with Gasteiger partial charge in [-0.15, -0.1) is 0 Å². The van der Waals surface area contributed by atoms with Gasteiger partial charge in [0.1, 0.15) is 12.3 Å². The molecule has 164 valence electrons. The Balaban J connectivity index is 1.95. The number of hydrogen-bond acceptors (Lipinski definition) is 8. The van der Waals surface area contributed by atoms with Crippen molar-refractivity contribution in [3.63, 3.8) is 0 Å². The summed E-state index contributed by atoms with van der Waals surface area (Å²) in [5.41, 5.74) is 0.158. The number of nitrogens with one attached hydrogen (secondary N) is 1. The third kappa shape index (κ3) is 4.89. The molecule has 0 aromatic heterocycles. The van der Waals surface area contributed by atoms with E-state index in [1.165, 1.54) is 11.8 Å². The third-order valence-corrected chi connectivity index (χ3v) is 5.00. The summed E-state index contributed by atoms with van der Waals surface area (Å²) in [4.78, 5) is 37.5. The predicted octanol–water partition coefficient (Wildman–Crippen LogP) is 2.65. The summed E-state index contributed by atoms with van der Waals surface area (Å²) in [6.45, 7) is 4.15. The summed E-state index contributed by atoms with van der Waals surface area (Å²) in [6, 6.07) is 0.966. The second-order valence-electron chi connectivity index (χ2n) is 7.21. The van der Waals surface area contributed by atoms with E-state index in [2.05, 4.69) is 5.32 Å². The normalized spacial score (nSPS) is 16.2. The second kappa shape index (κ2) is 9.14. The van der Waals surface area contributed by atoms with E-state index in [4.69, 9.17) is 9.47 Å². The summed E-state index contributed by atoms with van der Waals surface area (Å²) in [7, 11) is 0. The quantitative estimate of drug-likeness (QED) is 0.404. The number of rotatable bonds is 7. The SMILES string of the molecule is CCOC(=O)N1CCN(c2c(F)cc([N+](=O)[O-])c(NC3CC3)c2COC(C)=O)CC1. The van der Waals surface area contributed by atoms with Crippen molar-refractivity contribution in [1.82, 2.24) is 4.90 Å². The lowest BCUT2D eigenvalue weighted by Gasteiger charge is -2.36. The lowest BCUT2D eigenvalue weighted by atomic mass is 10.1. The first-order chi connectivity index (χ1) is 14.3. The number of benzene rings is 1. The molecule has 2 fully saturated rings. The van der Waals surface area contributed by atoms with Crippen LogP contribution in [0.1, 0.15) is 32.3 Å². The van der Waals surface area contributed by atoms with Gasteiger partial charge >= 0.3 is 12.1 Å². The highest BCUT2D eigenvalue weighted by Gasteiger charge is 2.33. The zero-order valence-corrected chi connectivity index (χ0v) is 17.0. The third-order valence-electron chi connectivity index (χ3n) is 5.00. The second-order valence-corrected chi connectivity index (χ2v) is 7.21. The van der Waals surface area contributed by atoms with Crippen molar-refractivity contribution in [2.45, 2.75) is 39.3 Å². The Hall–Kier alpha value is -3.11. The minimum atomic E-state index is -0.769. The Morgan fingerprint density at radius 3 is 2.47 bits per heavy atom. The van der Waals surface area contributed by atoms with Crippen LogP contribution >= 0.6 is 0 Å². The first kappa shape index (κ1) is 21.6. The van der Waals surface area contributed by atoms with Crippen LogP contribution in [-0.2, 0) is 20.9 Å². The average molecular weight is 424 g/mol. The molecule has 30 heavy (non-hydrogen) atoms. The minimum absolute atomic E-state index is 0.0683. The van der Waals surface area contributed by atoms with Gasteiger partial charge in [-0.2, -0.15) is 0 Å². The fourth-order valence-electron chi connectivity index (χ4n) is 3.40. The number of nitro groups is 1. The van der Waals surface area contributed by atoms with Gasteiger partial charge in [0.2, 0.25) is 0 Å². The van der Waals surface area contributed by atoms with E-state index in [-0.39, 0.29) is 36.2 Å². The van der Waals surface area contributed by atoms with Crippen molar-refractivity contribution in [2.75, 3.05) is 43.0 Å². The number of ether oxygens (including phenoxy) is 2. The average Bonchev–Trinajstić information content (AvgIpc) is 3.52. The van der Waals surface area contributed by atoms with E-state index in [0.717, 1.165) is 18.9 Å². The number of nitrogens with zero attached hydrogens (tertiary/aromatic N) is 3. The van der Waals surface area contributed by atoms with Gasteiger partial charge in [-0.1, -0.05) is 0 Å². The van der Waals surface area contributed by atoms with Gasteiger partial charge in [0, 0.05) is 44.7 Å². The standard InChI is InChI=1S/C19H25FN4O6/c1-3-29-19(26)23-8-6-22(7-9-23)18-14(11-30-12(2)25)17(21-13-4-5-13)16(24(27)28)10-15(18)20/h10,13,21H,3-9,11H2,1-2H3. The molecule has 3 rings (SSSR count). The molecule has 1 aliphatic carbocycles. The molecule has 0 spiro atoms. The molecule has 1 saturated carbocycles. The maximum Gasteiger partial charge on any atom is 0.409 e. The zero-order valence-electron chi connectivity index (χ0n) is 17.0. The molecule has 1 aromatic carbocycles. The summed E-state index contributed by atoms with van der Waals surface area (Å²) >= 11 is 0. The molecule has 0 radical (unpaired) electrons. The van der Waals surface area contributed by atoms with Gasteiger partial charge in [-0.25, -0.2) is 9.18 Å². The highest BCUT2D eigenvalue weighted by Crippen LogP contribution is 2.41. The number of amides is 1. The smallest absolute Gasteiger partial charge is 0.409 e. The Morgan fingerprint density at radius 2 is 1.93 bits per heavy atom. The molecule has 2 aliphatic rings. The maximum atomic E-state index is 15.1. The summed E-state index contributed by atoms with van der Waals surface area (Å²) < 4.78 is 25.2. The van der Waals surface area contributed by atoms with Crippen LogP contribution in [0.3, 0.4) is 0 Å². The number of carbonyl (C=O) groups excluding carboxylic acids is 2. The Kier molecular flexibility index (Phi) is 6.58. The van der Waals surface area contributed by atoms with E-state index >= 15 is 4.39 Å². The molecule has 1 heterocycles. The Bertz CT molecular complexity index is 837. The molecule has 11 heteroatoms. The van der Waals surface area contributed by atoms with Crippen LogP contribution in [0.4, 0.5) is 26.2 Å². The predicted molar refractivity (Wildman–Crippen MR) is 106 cm³/mol. The molecular formula is C19H25FN4O6. The van der Waals surface area contributed by atoms with E-state index in [0.29, 0.717) is 26.2 Å². The van der Waals surface area contributed by atoms with Crippen molar-refractivity contribution < 1.29 is 28.4 Å². The first-order valence-corrected chi connectivity index (χ1v) is 9.88. The molecular weight excluding hydrogens is 399 g/mol. The minimum Gasteiger partial charge on any atom is -0.461 e. The van der Waals surface area contributed by atoms with Crippen LogP contribution in [0.2, 0.25) is 0 Å². The van der Waals surface area contributed by atoms with Gasteiger partial charge < -0.3 is 24.6 Å². The van der Waals surface area contributed by atoms with Crippen LogP contribution in [0, 0.1) is 15.9 Å². The number of esters is 1. The van der Waals surface area contributed by atoms with Crippen molar-refractivity contribution >= 4 is 29.1 Å². The molecule has 10 nitrogen and oxygen atoms in total. The zero-order chi connectivity index (χ0) is 21.8. The molecule has 1 aromatic rings. The highest BCUT2D eigenvalue weighted by molar-refractivity contribution is 5.78. The molecule has 1 aliphatic heterocycles. The van der Waals surface area contributed by atoms with Crippen molar-refractivity contribution in [3.05, 3.63) is 27.6 Å². The summed E-state index contributed by atoms with van der Waals surface area (Å²) in [5, 5.41) is 14.7. The summed E-state index contributed by atoms with van der Waals surface area (Å²) in [5.74, 6) is -1.34. The topological polar surface area (TPSA) is 114 Å². The van der Waals surface area contributed by atoms with E-state index in [9.17, 15) is 19.7 Å². The van der Waals surface area contributed by atoms with Crippen molar-refractivity contribution in [3.8, 4) is 0 Å². The summed E-state index contributed by atoms with van der Waals surface area (Å²) in [6.07, 6.45) is 1.28. The van der Waals surface area contributed by atoms with Crippen LogP contribution < -0.4 is 10.2 Å². The highest BCUT2D eigenvalue weighted by atomic mass is 19.1. The molecule has 1 N–H and O–H groups in total. The van der Waals surface area contributed by atoms with Crippen molar-refractivity contribution in [1.29, 1.82) is 0 Å². The van der Waals surface area contributed by atoms with E-state index in [1.807, 2.05) is 0 Å². The fourth-order valence-corrected chi connectivity index (χ4v) is 3.40. The molecule has 0 unspecified atom stereocenters. The van der Waals surface area contributed by atoms with Crippen LogP contribution in [0.5, 0.6) is 0 Å². The van der Waals surface area contributed by atoms with Gasteiger partial charge in [-0.05, 0) is 19.8 Å². The number of anilines is 2. The number of halogens is 1.